The van der Waals surface area contributed by atoms with Crippen LogP contribution in [0.15, 0.2) is 36.1 Å². The molecule has 3 rings (SSSR count). The highest BCUT2D eigenvalue weighted by Crippen LogP contribution is 2.20. The van der Waals surface area contributed by atoms with Crippen molar-refractivity contribution in [1.29, 1.82) is 0 Å². The first-order valence-corrected chi connectivity index (χ1v) is 6.69. The monoisotopic (exact) mass is 279 g/mol. The summed E-state index contributed by atoms with van der Waals surface area (Å²) < 4.78 is 1.95. The van der Waals surface area contributed by atoms with Crippen molar-refractivity contribution >= 4 is 27.9 Å². The highest BCUT2D eigenvalue weighted by Gasteiger charge is 2.12. The number of hydrogen-bond donors (Lipinski definition) is 1. The van der Waals surface area contributed by atoms with Crippen LogP contribution >= 0.6 is 22.9 Å². The molecule has 4 nitrogen and oxygen atoms in total. The quantitative estimate of drug-likeness (QED) is 0.750. The van der Waals surface area contributed by atoms with Crippen molar-refractivity contribution < 1.29 is 5.11 Å². The van der Waals surface area contributed by atoms with Gasteiger partial charge in [0.1, 0.15) is 5.15 Å². The Balaban J connectivity index is 1.79. The Bertz CT molecular complexity index is 633. The van der Waals surface area contributed by atoms with Gasteiger partial charge in [-0.1, -0.05) is 17.7 Å². The van der Waals surface area contributed by atoms with E-state index < -0.39 is 6.10 Å². The molecule has 1 unspecified atom stereocenters. The molecule has 0 saturated carbocycles. The van der Waals surface area contributed by atoms with Crippen LogP contribution in [0.5, 0.6) is 0 Å². The SMILES string of the molecule is OC(Cc1cn2ccsc2n1)c1ccc(Cl)nc1. The molecule has 0 bridgehead atoms. The summed E-state index contributed by atoms with van der Waals surface area (Å²) in [5.41, 5.74) is 1.61. The van der Waals surface area contributed by atoms with Crippen molar-refractivity contribution in [3.8, 4) is 0 Å². The first-order chi connectivity index (χ1) is 8.72. The third-order valence-corrected chi connectivity index (χ3v) is 3.67. The summed E-state index contributed by atoms with van der Waals surface area (Å²) >= 11 is 7.28. The zero-order valence-electron chi connectivity index (χ0n) is 9.32. The standard InChI is InChI=1S/C12H10ClN3OS/c13-11-2-1-8(6-14-11)10(17)5-9-7-16-3-4-18-12(16)15-9/h1-4,6-7,10,17H,5H2. The van der Waals surface area contributed by atoms with Crippen LogP contribution in [0.25, 0.3) is 4.96 Å². The summed E-state index contributed by atoms with van der Waals surface area (Å²) in [5.74, 6) is 0. The van der Waals surface area contributed by atoms with E-state index in [0.29, 0.717) is 11.6 Å². The maximum absolute atomic E-state index is 10.1. The van der Waals surface area contributed by atoms with Gasteiger partial charge in [-0.2, -0.15) is 0 Å². The highest BCUT2D eigenvalue weighted by atomic mass is 35.5. The number of nitrogens with zero attached hydrogens (tertiary/aromatic N) is 3. The molecular formula is C12H10ClN3OS. The van der Waals surface area contributed by atoms with Gasteiger partial charge in [-0.25, -0.2) is 9.97 Å². The minimum Gasteiger partial charge on any atom is -0.388 e. The van der Waals surface area contributed by atoms with E-state index in [0.717, 1.165) is 16.2 Å². The van der Waals surface area contributed by atoms with Crippen LogP contribution in [0.1, 0.15) is 17.4 Å². The van der Waals surface area contributed by atoms with Crippen LogP contribution in [0, 0.1) is 0 Å². The van der Waals surface area contributed by atoms with Crippen molar-refractivity contribution in [3.05, 3.63) is 52.5 Å². The number of aromatic nitrogens is 3. The van der Waals surface area contributed by atoms with Gasteiger partial charge in [0.25, 0.3) is 0 Å². The summed E-state index contributed by atoms with van der Waals surface area (Å²) in [6.45, 7) is 0. The Hall–Kier alpha value is -1.43. The number of hydrogen-bond acceptors (Lipinski definition) is 4. The van der Waals surface area contributed by atoms with E-state index in [1.807, 2.05) is 22.2 Å². The lowest BCUT2D eigenvalue weighted by Gasteiger charge is -2.08. The summed E-state index contributed by atoms with van der Waals surface area (Å²) in [5, 5.41) is 12.5. The largest absolute Gasteiger partial charge is 0.388 e. The second-order valence-electron chi connectivity index (χ2n) is 3.96. The van der Waals surface area contributed by atoms with E-state index in [4.69, 9.17) is 11.6 Å². The van der Waals surface area contributed by atoms with E-state index in [-0.39, 0.29) is 0 Å². The molecule has 3 heterocycles. The normalized spacial score (nSPS) is 13.0. The van der Waals surface area contributed by atoms with Crippen molar-refractivity contribution in [3.63, 3.8) is 0 Å². The first-order valence-electron chi connectivity index (χ1n) is 5.43. The van der Waals surface area contributed by atoms with E-state index in [1.165, 1.54) is 0 Å². The maximum atomic E-state index is 10.1. The van der Waals surface area contributed by atoms with E-state index in [9.17, 15) is 5.11 Å². The number of halogens is 1. The molecule has 0 amide bonds. The van der Waals surface area contributed by atoms with Gasteiger partial charge >= 0.3 is 0 Å². The van der Waals surface area contributed by atoms with Crippen LogP contribution in [-0.2, 0) is 6.42 Å². The lowest BCUT2D eigenvalue weighted by Crippen LogP contribution is -2.02. The molecule has 0 aliphatic carbocycles. The number of imidazole rings is 1. The molecule has 0 aromatic carbocycles. The third kappa shape index (κ3) is 2.25. The van der Waals surface area contributed by atoms with Gasteiger partial charge in [-0.15, -0.1) is 11.3 Å². The number of aliphatic hydroxyl groups is 1. The molecule has 0 aliphatic rings. The fourth-order valence-corrected chi connectivity index (χ4v) is 2.61. The van der Waals surface area contributed by atoms with Crippen LogP contribution in [0.4, 0.5) is 0 Å². The summed E-state index contributed by atoms with van der Waals surface area (Å²) in [7, 11) is 0. The third-order valence-electron chi connectivity index (χ3n) is 2.68. The lowest BCUT2D eigenvalue weighted by molar-refractivity contribution is 0.177. The Morgan fingerprint density at radius 1 is 1.44 bits per heavy atom. The molecule has 0 radical (unpaired) electrons. The topological polar surface area (TPSA) is 50.4 Å². The van der Waals surface area contributed by atoms with Gasteiger partial charge < -0.3 is 5.11 Å². The zero-order chi connectivity index (χ0) is 12.5. The number of aliphatic hydroxyl groups excluding tert-OH is 1. The average Bonchev–Trinajstić information content (AvgIpc) is 2.90. The molecule has 0 fully saturated rings. The lowest BCUT2D eigenvalue weighted by atomic mass is 10.1. The molecule has 1 N–H and O–H groups in total. The van der Waals surface area contributed by atoms with E-state index in [1.54, 1.807) is 29.7 Å². The Morgan fingerprint density at radius 3 is 3.06 bits per heavy atom. The van der Waals surface area contributed by atoms with Gasteiger partial charge in [-0.05, 0) is 11.6 Å². The van der Waals surface area contributed by atoms with E-state index >= 15 is 0 Å². The molecule has 3 aromatic rings. The molecule has 92 valence electrons. The Labute approximate surface area is 113 Å². The molecule has 0 aliphatic heterocycles. The molecule has 3 aromatic heterocycles. The maximum Gasteiger partial charge on any atom is 0.193 e. The van der Waals surface area contributed by atoms with Gasteiger partial charge in [0.15, 0.2) is 4.96 Å². The van der Waals surface area contributed by atoms with Gasteiger partial charge in [0.05, 0.1) is 11.8 Å². The predicted molar refractivity (Wildman–Crippen MR) is 71.0 cm³/mol. The number of rotatable bonds is 3. The summed E-state index contributed by atoms with van der Waals surface area (Å²) in [6.07, 6.45) is 5.33. The summed E-state index contributed by atoms with van der Waals surface area (Å²) in [4.78, 5) is 9.32. The van der Waals surface area contributed by atoms with Crippen LogP contribution in [0.2, 0.25) is 5.15 Å². The Morgan fingerprint density at radius 2 is 2.33 bits per heavy atom. The van der Waals surface area contributed by atoms with E-state index in [2.05, 4.69) is 9.97 Å². The molecule has 1 atom stereocenters. The second kappa shape index (κ2) is 4.68. The average molecular weight is 280 g/mol. The minimum absolute atomic E-state index is 0.424. The van der Waals surface area contributed by atoms with Crippen molar-refractivity contribution in [2.75, 3.05) is 0 Å². The van der Waals surface area contributed by atoms with Crippen molar-refractivity contribution in [2.45, 2.75) is 12.5 Å². The number of pyridine rings is 1. The van der Waals surface area contributed by atoms with Crippen molar-refractivity contribution in [1.82, 2.24) is 14.4 Å². The number of fused-ring (bicyclic) bond motifs is 1. The van der Waals surface area contributed by atoms with Crippen molar-refractivity contribution in [2.24, 2.45) is 0 Å². The molecule has 0 saturated heterocycles. The van der Waals surface area contributed by atoms with Crippen LogP contribution < -0.4 is 0 Å². The van der Waals surface area contributed by atoms with Crippen LogP contribution in [0.3, 0.4) is 0 Å². The first kappa shape index (κ1) is 11.6. The van der Waals surface area contributed by atoms with Gasteiger partial charge in [0.2, 0.25) is 0 Å². The predicted octanol–water partition coefficient (Wildman–Crippen LogP) is 2.72. The highest BCUT2D eigenvalue weighted by molar-refractivity contribution is 7.15. The molecular weight excluding hydrogens is 270 g/mol. The fraction of sp³-hybridized carbons (Fsp3) is 0.167. The number of thiazole rings is 1. The molecule has 0 spiro atoms. The Kier molecular flexibility index (Phi) is 3.03. The summed E-state index contributed by atoms with van der Waals surface area (Å²) in [6, 6.07) is 3.45. The molecule has 6 heteroatoms. The fourth-order valence-electron chi connectivity index (χ4n) is 1.77. The molecule has 18 heavy (non-hydrogen) atoms. The zero-order valence-corrected chi connectivity index (χ0v) is 10.9. The smallest absolute Gasteiger partial charge is 0.193 e. The second-order valence-corrected chi connectivity index (χ2v) is 5.22. The minimum atomic E-state index is -0.612. The van der Waals surface area contributed by atoms with Gasteiger partial charge in [-0.3, -0.25) is 4.40 Å². The van der Waals surface area contributed by atoms with Gasteiger partial charge in [0, 0.05) is 30.4 Å². The van der Waals surface area contributed by atoms with Crippen LogP contribution in [-0.4, -0.2) is 19.5 Å².